The fourth-order valence-electron chi connectivity index (χ4n) is 3.38. The second-order valence-corrected chi connectivity index (χ2v) is 6.99. The van der Waals surface area contributed by atoms with Crippen molar-refractivity contribution in [3.05, 3.63) is 47.7 Å². The van der Waals surface area contributed by atoms with Gasteiger partial charge in [0.15, 0.2) is 0 Å². The minimum Gasteiger partial charge on any atom is -0.460 e. The zero-order valence-corrected chi connectivity index (χ0v) is 14.5. The van der Waals surface area contributed by atoms with Crippen LogP contribution in [0, 0.1) is 5.92 Å². The van der Waals surface area contributed by atoms with Gasteiger partial charge in [-0.25, -0.2) is 0 Å². The van der Waals surface area contributed by atoms with Gasteiger partial charge in [-0.3, -0.25) is 4.90 Å². The summed E-state index contributed by atoms with van der Waals surface area (Å²) < 4.78 is 43.7. The summed E-state index contributed by atoms with van der Waals surface area (Å²) in [5.41, 5.74) is 0.0122. The van der Waals surface area contributed by atoms with Crippen LogP contribution in [0.25, 0.3) is 11.3 Å². The van der Waals surface area contributed by atoms with Gasteiger partial charge in [-0.05, 0) is 57.2 Å². The molecule has 1 aromatic carbocycles. The molecule has 2 heterocycles. The van der Waals surface area contributed by atoms with Crippen LogP contribution in [0.15, 0.2) is 40.8 Å². The average molecular weight is 352 g/mol. The molecule has 1 aromatic heterocycles. The molecule has 0 aliphatic carbocycles. The van der Waals surface area contributed by atoms with Crippen molar-refractivity contribution in [2.24, 2.45) is 5.92 Å². The van der Waals surface area contributed by atoms with E-state index in [1.807, 2.05) is 12.1 Å². The molecule has 3 rings (SSSR count). The van der Waals surface area contributed by atoms with Crippen LogP contribution in [0.1, 0.15) is 17.7 Å². The van der Waals surface area contributed by atoms with Crippen molar-refractivity contribution < 1.29 is 17.6 Å². The van der Waals surface area contributed by atoms with Gasteiger partial charge < -0.3 is 9.32 Å². The highest BCUT2D eigenvalue weighted by Crippen LogP contribution is 2.31. The van der Waals surface area contributed by atoms with E-state index >= 15 is 0 Å². The van der Waals surface area contributed by atoms with Crippen molar-refractivity contribution in [2.45, 2.75) is 19.1 Å². The molecule has 0 N–H and O–H groups in total. The molecule has 0 spiro atoms. The first-order valence-corrected chi connectivity index (χ1v) is 8.44. The number of hydrogen-bond donors (Lipinski definition) is 0. The number of alkyl halides is 3. The van der Waals surface area contributed by atoms with Gasteiger partial charge in [-0.2, -0.15) is 13.2 Å². The lowest BCUT2D eigenvalue weighted by molar-refractivity contribution is -0.137. The SMILES string of the molecule is CN(C)CC1CCN(Cc2ccc(-c3ccc(C(F)(F)F)cc3)o2)C1. The predicted molar refractivity (Wildman–Crippen MR) is 91.1 cm³/mol. The van der Waals surface area contributed by atoms with Gasteiger partial charge in [0.25, 0.3) is 0 Å². The molecule has 0 radical (unpaired) electrons. The fourth-order valence-corrected chi connectivity index (χ4v) is 3.38. The lowest BCUT2D eigenvalue weighted by Crippen LogP contribution is -2.25. The number of nitrogens with zero attached hydrogens (tertiary/aromatic N) is 2. The van der Waals surface area contributed by atoms with Gasteiger partial charge in [-0.1, -0.05) is 12.1 Å². The molecular weight excluding hydrogens is 329 g/mol. The highest BCUT2D eigenvalue weighted by Gasteiger charge is 2.30. The van der Waals surface area contributed by atoms with Crippen molar-refractivity contribution in [2.75, 3.05) is 33.7 Å². The lowest BCUT2D eigenvalue weighted by Gasteiger charge is -2.17. The van der Waals surface area contributed by atoms with Crippen molar-refractivity contribution in [3.63, 3.8) is 0 Å². The van der Waals surface area contributed by atoms with Gasteiger partial charge >= 0.3 is 6.18 Å². The standard InChI is InChI=1S/C19H23F3N2O/c1-23(2)11-14-9-10-24(12-14)13-17-7-8-18(25-17)15-3-5-16(6-4-15)19(20,21)22/h3-8,14H,9-13H2,1-2H3. The third kappa shape index (κ3) is 4.64. The van der Waals surface area contributed by atoms with Crippen LogP contribution in [0.3, 0.4) is 0 Å². The number of rotatable bonds is 5. The van der Waals surface area contributed by atoms with Crippen molar-refractivity contribution in [1.29, 1.82) is 0 Å². The second-order valence-electron chi connectivity index (χ2n) is 6.99. The monoisotopic (exact) mass is 352 g/mol. The molecule has 1 atom stereocenters. The van der Waals surface area contributed by atoms with Crippen LogP contribution in [-0.4, -0.2) is 43.5 Å². The third-order valence-electron chi connectivity index (χ3n) is 4.53. The Hall–Kier alpha value is -1.79. The van der Waals surface area contributed by atoms with E-state index in [0.29, 0.717) is 17.2 Å². The Morgan fingerprint density at radius 2 is 1.84 bits per heavy atom. The summed E-state index contributed by atoms with van der Waals surface area (Å²) in [5.74, 6) is 2.13. The molecule has 1 aliphatic rings. The third-order valence-corrected chi connectivity index (χ3v) is 4.53. The topological polar surface area (TPSA) is 19.6 Å². The number of furan rings is 1. The highest BCUT2D eigenvalue weighted by molar-refractivity contribution is 5.58. The molecule has 136 valence electrons. The van der Waals surface area contributed by atoms with Gasteiger partial charge in [0.05, 0.1) is 12.1 Å². The Bertz CT molecular complexity index is 691. The summed E-state index contributed by atoms with van der Waals surface area (Å²) in [6.07, 6.45) is -3.13. The summed E-state index contributed by atoms with van der Waals surface area (Å²) in [5, 5.41) is 0. The Morgan fingerprint density at radius 1 is 1.12 bits per heavy atom. The van der Waals surface area contributed by atoms with E-state index in [-0.39, 0.29) is 0 Å². The zero-order valence-electron chi connectivity index (χ0n) is 14.5. The average Bonchev–Trinajstić information content (AvgIpc) is 3.16. The Kier molecular flexibility index (Phi) is 5.20. The Labute approximate surface area is 146 Å². The smallest absolute Gasteiger partial charge is 0.416 e. The fraction of sp³-hybridized carbons (Fsp3) is 0.474. The van der Waals surface area contributed by atoms with Crippen LogP contribution in [0.2, 0.25) is 0 Å². The summed E-state index contributed by atoms with van der Waals surface area (Å²) >= 11 is 0. The Balaban J connectivity index is 1.61. The van der Waals surface area contributed by atoms with Gasteiger partial charge in [0, 0.05) is 18.7 Å². The quantitative estimate of drug-likeness (QED) is 0.798. The molecule has 1 unspecified atom stereocenters. The van der Waals surface area contributed by atoms with Crippen molar-refractivity contribution >= 4 is 0 Å². The first kappa shape index (κ1) is 18.0. The van der Waals surface area contributed by atoms with E-state index in [4.69, 9.17) is 4.42 Å². The number of benzene rings is 1. The van der Waals surface area contributed by atoms with E-state index in [9.17, 15) is 13.2 Å². The summed E-state index contributed by atoms with van der Waals surface area (Å²) in [7, 11) is 4.18. The maximum absolute atomic E-state index is 12.6. The molecule has 0 amide bonds. The van der Waals surface area contributed by atoms with Crippen LogP contribution in [-0.2, 0) is 12.7 Å². The molecule has 0 saturated carbocycles. The van der Waals surface area contributed by atoms with E-state index < -0.39 is 11.7 Å². The molecule has 1 aliphatic heterocycles. The number of hydrogen-bond acceptors (Lipinski definition) is 3. The van der Waals surface area contributed by atoms with Crippen molar-refractivity contribution in [3.8, 4) is 11.3 Å². The number of halogens is 3. The molecular formula is C19H23F3N2O. The van der Waals surface area contributed by atoms with Crippen LogP contribution in [0.5, 0.6) is 0 Å². The minimum atomic E-state index is -4.31. The Morgan fingerprint density at radius 3 is 2.48 bits per heavy atom. The second kappa shape index (κ2) is 7.22. The van der Waals surface area contributed by atoms with E-state index in [1.54, 1.807) is 0 Å². The largest absolute Gasteiger partial charge is 0.460 e. The number of likely N-dealkylation sites (tertiary alicyclic amines) is 1. The molecule has 0 bridgehead atoms. The van der Waals surface area contributed by atoms with E-state index in [2.05, 4.69) is 23.9 Å². The van der Waals surface area contributed by atoms with Crippen molar-refractivity contribution in [1.82, 2.24) is 9.80 Å². The van der Waals surface area contributed by atoms with Gasteiger partial charge in [0.1, 0.15) is 11.5 Å². The molecule has 6 heteroatoms. The predicted octanol–water partition coefficient (Wildman–Crippen LogP) is 4.35. The highest BCUT2D eigenvalue weighted by atomic mass is 19.4. The summed E-state index contributed by atoms with van der Waals surface area (Å²) in [6.45, 7) is 3.93. The van der Waals surface area contributed by atoms with Crippen LogP contribution >= 0.6 is 0 Å². The van der Waals surface area contributed by atoms with Gasteiger partial charge in [0.2, 0.25) is 0 Å². The first-order valence-electron chi connectivity index (χ1n) is 8.44. The molecule has 1 fully saturated rings. The summed E-state index contributed by atoms with van der Waals surface area (Å²) in [4.78, 5) is 4.58. The summed E-state index contributed by atoms with van der Waals surface area (Å²) in [6, 6.07) is 8.81. The zero-order chi connectivity index (χ0) is 18.0. The molecule has 3 nitrogen and oxygen atoms in total. The molecule has 25 heavy (non-hydrogen) atoms. The maximum Gasteiger partial charge on any atom is 0.416 e. The maximum atomic E-state index is 12.6. The van der Waals surface area contributed by atoms with Crippen LogP contribution < -0.4 is 0 Å². The minimum absolute atomic E-state index is 0.604. The van der Waals surface area contributed by atoms with E-state index in [0.717, 1.165) is 44.1 Å². The van der Waals surface area contributed by atoms with Crippen LogP contribution in [0.4, 0.5) is 13.2 Å². The van der Waals surface area contributed by atoms with Gasteiger partial charge in [-0.15, -0.1) is 0 Å². The molecule has 2 aromatic rings. The first-order chi connectivity index (χ1) is 11.8. The van der Waals surface area contributed by atoms with E-state index in [1.165, 1.54) is 18.6 Å². The lowest BCUT2D eigenvalue weighted by atomic mass is 10.1. The normalized spacial score (nSPS) is 19.0. The molecule has 1 saturated heterocycles.